The molecular formula is C4H12ClNO3. The highest BCUT2D eigenvalue weighted by molar-refractivity contribution is 5.85. The molecule has 4 nitrogen and oxygen atoms in total. The molecular weight excluding hydrogens is 146 g/mol. The Hall–Kier alpha value is 0.130. The number of nitrogens with two attached hydrogens (primary N) is 1. The lowest BCUT2D eigenvalue weighted by molar-refractivity contribution is -0.00894. The van der Waals surface area contributed by atoms with Crippen LogP contribution in [0, 0.1) is 0 Å². The molecule has 0 fully saturated rings. The van der Waals surface area contributed by atoms with Crippen LogP contribution in [0.25, 0.3) is 0 Å². The molecule has 0 rings (SSSR count). The highest BCUT2D eigenvalue weighted by Crippen LogP contribution is 1.87. The van der Waals surface area contributed by atoms with Crippen LogP contribution in [0.4, 0.5) is 0 Å². The van der Waals surface area contributed by atoms with E-state index in [9.17, 15) is 0 Å². The minimum Gasteiger partial charge on any atom is -0.394 e. The fourth-order valence-corrected chi connectivity index (χ4v) is 0.279. The van der Waals surface area contributed by atoms with Crippen molar-refractivity contribution in [3.05, 3.63) is 0 Å². The molecule has 0 aliphatic rings. The predicted molar refractivity (Wildman–Crippen MR) is 35.4 cm³/mol. The average Bonchev–Trinajstić information content (AvgIpc) is 1.84. The second-order valence-electron chi connectivity index (χ2n) is 1.55. The molecule has 0 saturated heterocycles. The van der Waals surface area contributed by atoms with Crippen molar-refractivity contribution in [1.29, 1.82) is 0 Å². The number of halogens is 1. The van der Waals surface area contributed by atoms with Gasteiger partial charge in [-0.25, -0.2) is 0 Å². The summed E-state index contributed by atoms with van der Waals surface area (Å²) in [4.78, 5) is 0. The Kier molecular flexibility index (Phi) is 8.25. The summed E-state index contributed by atoms with van der Waals surface area (Å²) in [5.41, 5.74) is 4.93. The quantitative estimate of drug-likeness (QED) is 0.385. The molecule has 9 heavy (non-hydrogen) atoms. The summed E-state index contributed by atoms with van der Waals surface area (Å²) in [6.45, 7) is -0.472. The van der Waals surface area contributed by atoms with E-state index in [0.717, 1.165) is 0 Å². The van der Waals surface area contributed by atoms with E-state index >= 15 is 0 Å². The van der Waals surface area contributed by atoms with Gasteiger partial charge in [-0.15, -0.1) is 12.4 Å². The molecule has 0 heterocycles. The number of hydrogen-bond donors (Lipinski definition) is 4. The van der Waals surface area contributed by atoms with Crippen molar-refractivity contribution in [2.45, 2.75) is 12.2 Å². The summed E-state index contributed by atoms with van der Waals surface area (Å²) in [6, 6.07) is 0. The van der Waals surface area contributed by atoms with E-state index in [0.29, 0.717) is 0 Å². The van der Waals surface area contributed by atoms with Crippen molar-refractivity contribution in [2.75, 3.05) is 13.2 Å². The molecule has 5 N–H and O–H groups in total. The van der Waals surface area contributed by atoms with Crippen molar-refractivity contribution in [2.24, 2.45) is 5.73 Å². The first-order valence-electron chi connectivity index (χ1n) is 2.39. The smallest absolute Gasteiger partial charge is 0.104 e. The van der Waals surface area contributed by atoms with Crippen molar-refractivity contribution in [1.82, 2.24) is 0 Å². The van der Waals surface area contributed by atoms with Gasteiger partial charge in [0.15, 0.2) is 0 Å². The van der Waals surface area contributed by atoms with E-state index in [2.05, 4.69) is 0 Å². The first kappa shape index (κ1) is 11.9. The van der Waals surface area contributed by atoms with Gasteiger partial charge in [0, 0.05) is 6.54 Å². The van der Waals surface area contributed by atoms with Gasteiger partial charge >= 0.3 is 0 Å². The second kappa shape index (κ2) is 6.25. The first-order chi connectivity index (χ1) is 3.72. The highest BCUT2D eigenvalue weighted by Gasteiger charge is 2.11. The van der Waals surface area contributed by atoms with Crippen molar-refractivity contribution in [3.8, 4) is 0 Å². The number of rotatable bonds is 3. The van der Waals surface area contributed by atoms with Crippen molar-refractivity contribution >= 4 is 12.4 Å². The Bertz CT molecular complexity index is 55.8. The molecule has 58 valence electrons. The summed E-state index contributed by atoms with van der Waals surface area (Å²) in [6.07, 6.45) is -2.10. The van der Waals surface area contributed by atoms with E-state index in [4.69, 9.17) is 21.1 Å². The SMILES string of the molecule is Cl.NCC(O)C(O)CO. The third kappa shape index (κ3) is 4.62. The monoisotopic (exact) mass is 157 g/mol. The summed E-state index contributed by atoms with van der Waals surface area (Å²) in [7, 11) is 0. The Morgan fingerprint density at radius 2 is 1.67 bits per heavy atom. The maximum absolute atomic E-state index is 8.59. The largest absolute Gasteiger partial charge is 0.394 e. The maximum atomic E-state index is 8.59. The van der Waals surface area contributed by atoms with E-state index in [1.807, 2.05) is 0 Å². The van der Waals surface area contributed by atoms with E-state index < -0.39 is 18.8 Å². The van der Waals surface area contributed by atoms with Crippen LogP contribution in [-0.2, 0) is 0 Å². The van der Waals surface area contributed by atoms with Gasteiger partial charge in [0.1, 0.15) is 6.10 Å². The fourth-order valence-electron chi connectivity index (χ4n) is 0.279. The highest BCUT2D eigenvalue weighted by atomic mass is 35.5. The van der Waals surface area contributed by atoms with Gasteiger partial charge < -0.3 is 21.1 Å². The Morgan fingerprint density at radius 3 is 1.78 bits per heavy atom. The molecule has 0 saturated carbocycles. The third-order valence-electron chi connectivity index (χ3n) is 0.873. The minimum absolute atomic E-state index is 0. The second-order valence-corrected chi connectivity index (χ2v) is 1.55. The molecule has 0 aliphatic carbocycles. The van der Waals surface area contributed by atoms with Crippen LogP contribution in [0.5, 0.6) is 0 Å². The topological polar surface area (TPSA) is 86.7 Å². The summed E-state index contributed by atoms with van der Waals surface area (Å²) < 4.78 is 0. The average molecular weight is 158 g/mol. The molecule has 0 aliphatic heterocycles. The molecule has 0 aromatic heterocycles. The van der Waals surface area contributed by atoms with Gasteiger partial charge in [-0.1, -0.05) is 0 Å². The Labute approximate surface area is 59.7 Å². The van der Waals surface area contributed by atoms with Gasteiger partial charge in [0.25, 0.3) is 0 Å². The molecule has 0 aromatic carbocycles. The Morgan fingerprint density at radius 1 is 1.22 bits per heavy atom. The normalized spacial score (nSPS) is 16.0. The van der Waals surface area contributed by atoms with Crippen molar-refractivity contribution in [3.63, 3.8) is 0 Å². The number of aliphatic hydroxyl groups excluding tert-OH is 3. The van der Waals surface area contributed by atoms with Crippen LogP contribution in [0.3, 0.4) is 0 Å². The molecule has 0 amide bonds. The van der Waals surface area contributed by atoms with Crippen LogP contribution < -0.4 is 5.73 Å². The molecule has 0 bridgehead atoms. The number of aliphatic hydroxyl groups is 3. The minimum atomic E-state index is -1.10. The third-order valence-corrected chi connectivity index (χ3v) is 0.873. The molecule has 0 aromatic rings. The van der Waals surface area contributed by atoms with Gasteiger partial charge in [0.2, 0.25) is 0 Å². The zero-order chi connectivity index (χ0) is 6.57. The van der Waals surface area contributed by atoms with Crippen LogP contribution in [0.1, 0.15) is 0 Å². The van der Waals surface area contributed by atoms with Crippen LogP contribution in [0.15, 0.2) is 0 Å². The number of hydrogen-bond acceptors (Lipinski definition) is 4. The van der Waals surface area contributed by atoms with E-state index in [-0.39, 0.29) is 19.0 Å². The summed E-state index contributed by atoms with van der Waals surface area (Å²) in [5, 5.41) is 25.3. The molecule has 5 heteroatoms. The van der Waals surface area contributed by atoms with Crippen LogP contribution in [0.2, 0.25) is 0 Å². The van der Waals surface area contributed by atoms with Gasteiger partial charge in [0.05, 0.1) is 12.7 Å². The maximum Gasteiger partial charge on any atom is 0.104 e. The predicted octanol–water partition coefficient (Wildman–Crippen LogP) is -1.92. The lowest BCUT2D eigenvalue weighted by Gasteiger charge is -2.11. The summed E-state index contributed by atoms with van der Waals surface area (Å²) >= 11 is 0. The van der Waals surface area contributed by atoms with Gasteiger partial charge in [-0.05, 0) is 0 Å². The lowest BCUT2D eigenvalue weighted by Crippen LogP contribution is -2.35. The lowest BCUT2D eigenvalue weighted by atomic mass is 10.2. The first-order valence-corrected chi connectivity index (χ1v) is 2.39. The standard InChI is InChI=1S/C4H11NO3.ClH/c5-1-3(7)4(8)2-6;/h3-4,6-8H,1-2,5H2;1H. The molecule has 2 atom stereocenters. The van der Waals surface area contributed by atoms with Crippen LogP contribution in [-0.4, -0.2) is 40.7 Å². The fraction of sp³-hybridized carbons (Fsp3) is 1.00. The van der Waals surface area contributed by atoms with E-state index in [1.165, 1.54) is 0 Å². The van der Waals surface area contributed by atoms with Gasteiger partial charge in [-0.2, -0.15) is 0 Å². The summed E-state index contributed by atoms with van der Waals surface area (Å²) in [5.74, 6) is 0. The zero-order valence-corrected chi connectivity index (χ0v) is 5.71. The van der Waals surface area contributed by atoms with Crippen LogP contribution >= 0.6 is 12.4 Å². The van der Waals surface area contributed by atoms with Gasteiger partial charge in [-0.3, -0.25) is 0 Å². The van der Waals surface area contributed by atoms with E-state index in [1.54, 1.807) is 0 Å². The van der Waals surface area contributed by atoms with Crippen molar-refractivity contribution < 1.29 is 15.3 Å². The zero-order valence-electron chi connectivity index (χ0n) is 4.90. The molecule has 2 unspecified atom stereocenters. The Balaban J connectivity index is 0. The molecule has 0 spiro atoms. The molecule has 0 radical (unpaired) electrons.